The van der Waals surface area contributed by atoms with Crippen LogP contribution in [0.2, 0.25) is 0 Å². The maximum absolute atomic E-state index is 14.6. The number of halogens is 2. The van der Waals surface area contributed by atoms with Crippen molar-refractivity contribution in [1.82, 2.24) is 25.5 Å². The number of pyridine rings is 1. The van der Waals surface area contributed by atoms with Crippen LogP contribution < -0.4 is 21.1 Å². The predicted molar refractivity (Wildman–Crippen MR) is 101 cm³/mol. The summed E-state index contributed by atoms with van der Waals surface area (Å²) >= 11 is 6.15. The number of alkyl halides is 2. The number of hydrogen-bond acceptors (Lipinski definition) is 6. The van der Waals surface area contributed by atoms with Gasteiger partial charge in [0.25, 0.3) is 10.0 Å². The van der Waals surface area contributed by atoms with Gasteiger partial charge in [-0.3, -0.25) is 25.2 Å². The first-order valence-corrected chi connectivity index (χ1v) is 10.8. The number of aromatic amines is 1. The highest BCUT2D eigenvalue weighted by atomic mass is 35.5. The van der Waals surface area contributed by atoms with Crippen LogP contribution in [0.15, 0.2) is 28.0 Å². The molecule has 0 spiro atoms. The van der Waals surface area contributed by atoms with Crippen molar-refractivity contribution >= 4 is 27.5 Å². The molecule has 1 aliphatic heterocycles. The van der Waals surface area contributed by atoms with E-state index in [1.54, 1.807) is 0 Å². The molecule has 2 heterocycles. The van der Waals surface area contributed by atoms with E-state index in [1.165, 1.54) is 0 Å². The van der Waals surface area contributed by atoms with Crippen molar-refractivity contribution in [3.05, 3.63) is 28.7 Å². The first-order valence-electron chi connectivity index (χ1n) is 8.88. The summed E-state index contributed by atoms with van der Waals surface area (Å²) in [6, 6.07) is 2.24. The zero-order valence-electron chi connectivity index (χ0n) is 15.2. The lowest BCUT2D eigenvalue weighted by Gasteiger charge is -2.37. The summed E-state index contributed by atoms with van der Waals surface area (Å²) in [5.41, 5.74) is 1.62. The van der Waals surface area contributed by atoms with Gasteiger partial charge in [-0.25, -0.2) is 12.8 Å². The molecule has 1 aromatic rings. The van der Waals surface area contributed by atoms with Gasteiger partial charge < -0.3 is 4.98 Å². The average Bonchev–Trinajstić information content (AvgIpc) is 3.08. The van der Waals surface area contributed by atoms with Gasteiger partial charge >= 0.3 is 0 Å². The second-order valence-corrected chi connectivity index (χ2v) is 9.53. The quantitative estimate of drug-likeness (QED) is 0.366. The molecule has 2 fully saturated rings. The van der Waals surface area contributed by atoms with Crippen LogP contribution in [0.5, 0.6) is 0 Å². The molecule has 5 atom stereocenters. The fourth-order valence-electron chi connectivity index (χ4n) is 3.69. The summed E-state index contributed by atoms with van der Waals surface area (Å²) in [7, 11) is -2.14. The molecule has 0 radical (unpaired) electrons. The van der Waals surface area contributed by atoms with Gasteiger partial charge in [-0.1, -0.05) is 0 Å². The number of nitrogens with zero attached hydrogens (tertiary/aromatic N) is 1. The fraction of sp³-hybridized carbons (Fsp3) is 0.625. The van der Waals surface area contributed by atoms with Crippen molar-refractivity contribution in [2.45, 2.75) is 35.3 Å². The van der Waals surface area contributed by atoms with E-state index in [0.29, 0.717) is 13.1 Å². The van der Waals surface area contributed by atoms with E-state index in [4.69, 9.17) is 11.6 Å². The van der Waals surface area contributed by atoms with Crippen molar-refractivity contribution in [2.75, 3.05) is 20.3 Å². The molecule has 156 valence electrons. The van der Waals surface area contributed by atoms with Crippen LogP contribution >= 0.6 is 11.6 Å². The van der Waals surface area contributed by atoms with Gasteiger partial charge in [0.1, 0.15) is 6.17 Å². The Morgan fingerprint density at radius 1 is 1.36 bits per heavy atom. The lowest BCUT2D eigenvalue weighted by Crippen LogP contribution is -2.52. The summed E-state index contributed by atoms with van der Waals surface area (Å²) in [4.78, 5) is 29.6. The third kappa shape index (κ3) is 4.71. The first-order chi connectivity index (χ1) is 13.2. The second kappa shape index (κ2) is 8.46. The minimum atomic E-state index is -4.10. The van der Waals surface area contributed by atoms with Crippen LogP contribution in [-0.2, 0) is 14.8 Å². The maximum atomic E-state index is 14.6. The summed E-state index contributed by atoms with van der Waals surface area (Å²) < 4.78 is 39.0. The Kier molecular flexibility index (Phi) is 6.40. The zero-order chi connectivity index (χ0) is 20.5. The third-order valence-electron chi connectivity index (χ3n) is 5.23. The maximum Gasteiger partial charge on any atom is 0.258 e. The molecule has 5 unspecified atom stereocenters. The highest BCUT2D eigenvalue weighted by Gasteiger charge is 2.44. The number of rotatable bonds is 5. The number of nitrogens with one attached hydrogen (secondary N) is 4. The summed E-state index contributed by atoms with van der Waals surface area (Å²) in [6.07, 6.45) is 0.140. The van der Waals surface area contributed by atoms with Gasteiger partial charge in [0.05, 0.1) is 16.2 Å². The minimum absolute atomic E-state index is 0.00556. The van der Waals surface area contributed by atoms with Crippen LogP contribution in [0.3, 0.4) is 0 Å². The smallest absolute Gasteiger partial charge is 0.258 e. The number of H-pyrrole nitrogens is 1. The molecule has 0 bridgehead atoms. The topological polar surface area (TPSA) is 123 Å². The SMILES string of the molecule is CN1CNC(C2CC(Cl)C(F)C(C(=O)NNS(=O)(=O)c3ccc(=O)[nH]c3)C2)C1. The monoisotopic (exact) mass is 435 g/mol. The van der Waals surface area contributed by atoms with Gasteiger partial charge in [0, 0.05) is 31.5 Å². The van der Waals surface area contributed by atoms with Crippen LogP contribution in [0.25, 0.3) is 0 Å². The van der Waals surface area contributed by atoms with Gasteiger partial charge in [0.2, 0.25) is 11.5 Å². The molecule has 3 rings (SSSR count). The Bertz CT molecular complexity index is 862. The van der Waals surface area contributed by atoms with Crippen LogP contribution in [0.1, 0.15) is 12.8 Å². The zero-order valence-corrected chi connectivity index (χ0v) is 16.8. The lowest BCUT2D eigenvalue weighted by molar-refractivity contribution is -0.129. The van der Waals surface area contributed by atoms with E-state index >= 15 is 0 Å². The molecular formula is C16H23ClFN5O4S. The lowest BCUT2D eigenvalue weighted by atomic mass is 9.76. The van der Waals surface area contributed by atoms with E-state index in [2.05, 4.69) is 20.6 Å². The molecule has 4 N–H and O–H groups in total. The van der Waals surface area contributed by atoms with Gasteiger partial charge in [0.15, 0.2) is 0 Å². The average molecular weight is 436 g/mol. The molecule has 9 nitrogen and oxygen atoms in total. The number of hydrogen-bond donors (Lipinski definition) is 4. The molecule has 12 heteroatoms. The first kappa shape index (κ1) is 21.2. The molecule has 28 heavy (non-hydrogen) atoms. The number of sulfonamides is 1. The highest BCUT2D eigenvalue weighted by molar-refractivity contribution is 7.89. The van der Waals surface area contributed by atoms with Crippen molar-refractivity contribution in [1.29, 1.82) is 0 Å². The number of aromatic nitrogens is 1. The number of amides is 1. The molecule has 1 aliphatic carbocycles. The summed E-state index contributed by atoms with van der Waals surface area (Å²) in [6.45, 7) is 1.49. The summed E-state index contributed by atoms with van der Waals surface area (Å²) in [5, 5.41) is 2.50. The van der Waals surface area contributed by atoms with Crippen molar-refractivity contribution < 1.29 is 17.6 Å². The van der Waals surface area contributed by atoms with Crippen LogP contribution in [0.4, 0.5) is 4.39 Å². The predicted octanol–water partition coefficient (Wildman–Crippen LogP) is -0.483. The second-order valence-electron chi connectivity index (χ2n) is 7.29. The van der Waals surface area contributed by atoms with Crippen molar-refractivity contribution in [2.24, 2.45) is 11.8 Å². The van der Waals surface area contributed by atoms with Gasteiger partial charge in [-0.15, -0.1) is 16.4 Å². The van der Waals surface area contributed by atoms with E-state index in [9.17, 15) is 22.4 Å². The Morgan fingerprint density at radius 2 is 2.11 bits per heavy atom. The summed E-state index contributed by atoms with van der Waals surface area (Å²) in [5.74, 6) is -1.83. The van der Waals surface area contributed by atoms with Gasteiger partial charge in [-0.2, -0.15) is 0 Å². The number of likely N-dealkylation sites (N-methyl/N-ethyl adjacent to an activating group) is 1. The highest BCUT2D eigenvalue weighted by Crippen LogP contribution is 2.37. The molecule has 1 saturated carbocycles. The van der Waals surface area contributed by atoms with Crippen molar-refractivity contribution in [3.63, 3.8) is 0 Å². The van der Waals surface area contributed by atoms with E-state index in [0.717, 1.165) is 24.9 Å². The molecule has 1 aromatic heterocycles. The molecular weight excluding hydrogens is 413 g/mol. The minimum Gasteiger partial charge on any atom is -0.328 e. The fourth-order valence-corrected chi connectivity index (χ4v) is 4.91. The van der Waals surface area contributed by atoms with Crippen LogP contribution in [0, 0.1) is 11.8 Å². The van der Waals surface area contributed by atoms with E-state index in [1.807, 2.05) is 11.9 Å². The molecule has 1 amide bonds. The molecule has 1 saturated heterocycles. The Hall–Kier alpha value is -1.53. The molecule has 0 aromatic carbocycles. The number of hydrazine groups is 1. The third-order valence-corrected chi connectivity index (χ3v) is 6.89. The Balaban J connectivity index is 1.64. The Labute approximate surface area is 167 Å². The molecule has 2 aliphatic rings. The normalized spacial score (nSPS) is 31.6. The Morgan fingerprint density at radius 3 is 2.71 bits per heavy atom. The van der Waals surface area contributed by atoms with E-state index in [-0.39, 0.29) is 23.3 Å². The van der Waals surface area contributed by atoms with E-state index < -0.39 is 39.0 Å². The number of carbonyl (C=O) groups excluding carboxylic acids is 1. The number of carbonyl (C=O) groups is 1. The largest absolute Gasteiger partial charge is 0.328 e. The van der Waals surface area contributed by atoms with Crippen molar-refractivity contribution in [3.8, 4) is 0 Å². The standard InChI is InChI=1S/C16H23ClFN5O4S/c1-23-7-13(20-8-23)9-4-11(15(18)12(17)5-9)16(25)21-22-28(26,27)10-2-3-14(24)19-6-10/h2-3,6,9,11-13,15,20,22H,4-5,7-8H2,1H3,(H,19,24)(H,21,25). The van der Waals surface area contributed by atoms with Gasteiger partial charge in [-0.05, 0) is 31.9 Å². The van der Waals surface area contributed by atoms with Crippen LogP contribution in [-0.4, -0.2) is 62.1 Å².